The van der Waals surface area contributed by atoms with Crippen LogP contribution in [0.5, 0.6) is 0 Å². The molecule has 1 aromatic rings. The lowest BCUT2D eigenvalue weighted by molar-refractivity contribution is -0.385. The highest BCUT2D eigenvalue weighted by Crippen LogP contribution is 2.52. The molecule has 3 atom stereocenters. The van der Waals surface area contributed by atoms with Crippen molar-refractivity contribution < 1.29 is 14.3 Å². The lowest BCUT2D eigenvalue weighted by Gasteiger charge is -2.62. The fourth-order valence-electron chi connectivity index (χ4n) is 4.83. The van der Waals surface area contributed by atoms with Gasteiger partial charge >= 0.3 is 0 Å². The molecule has 1 heterocycles. The highest BCUT2D eigenvalue weighted by atomic mass is 16.7. The lowest BCUT2D eigenvalue weighted by atomic mass is 9.67. The van der Waals surface area contributed by atoms with Crippen LogP contribution in [0.15, 0.2) is 30.3 Å². The van der Waals surface area contributed by atoms with Crippen LogP contribution in [-0.2, 0) is 20.7 Å². The average Bonchev–Trinajstić information content (AvgIpc) is 2.70. The van der Waals surface area contributed by atoms with Gasteiger partial charge in [-0.2, -0.15) is 5.06 Å². The Morgan fingerprint density at radius 3 is 2.07 bits per heavy atom. The smallest absolute Gasteiger partial charge is 0.174 e. The van der Waals surface area contributed by atoms with Crippen molar-refractivity contribution in [3.05, 3.63) is 35.9 Å². The van der Waals surface area contributed by atoms with Gasteiger partial charge in [-0.15, -0.1) is 0 Å². The van der Waals surface area contributed by atoms with E-state index in [1.54, 1.807) is 0 Å². The van der Waals surface area contributed by atoms with E-state index < -0.39 is 5.79 Å². The molecule has 4 heteroatoms. The molecule has 160 valence electrons. The van der Waals surface area contributed by atoms with E-state index in [1.165, 1.54) is 5.56 Å². The molecule has 1 aromatic carbocycles. The maximum absolute atomic E-state index is 6.54. The Morgan fingerprint density at radius 2 is 1.57 bits per heavy atom. The molecule has 1 fully saturated rings. The first-order valence-corrected chi connectivity index (χ1v) is 11.1. The molecule has 3 unspecified atom stereocenters. The normalized spacial score (nSPS) is 30.5. The van der Waals surface area contributed by atoms with Gasteiger partial charge in [0, 0.05) is 31.1 Å². The number of nitrogens with zero attached hydrogens (tertiary/aromatic N) is 1. The first-order chi connectivity index (χ1) is 13.3. The number of benzene rings is 1. The Hall–Kier alpha value is -0.940. The number of hydroxylamine groups is 2. The highest BCUT2D eigenvalue weighted by Gasteiger charge is 2.61. The fourth-order valence-corrected chi connectivity index (χ4v) is 4.83. The van der Waals surface area contributed by atoms with Crippen molar-refractivity contribution in [2.45, 2.75) is 91.0 Å². The molecule has 0 N–H and O–H groups in total. The van der Waals surface area contributed by atoms with Gasteiger partial charge in [-0.3, -0.25) is 4.84 Å². The van der Waals surface area contributed by atoms with Crippen molar-refractivity contribution >= 4 is 0 Å². The molecule has 0 radical (unpaired) electrons. The first kappa shape index (κ1) is 23.3. The highest BCUT2D eigenvalue weighted by molar-refractivity contribution is 5.14. The molecular weight excluding hydrogens is 350 g/mol. The topological polar surface area (TPSA) is 30.9 Å². The number of piperidine rings is 1. The molecule has 0 bridgehead atoms. The minimum Gasteiger partial charge on any atom is -0.350 e. The van der Waals surface area contributed by atoms with E-state index in [1.807, 2.05) is 0 Å². The second kappa shape index (κ2) is 9.71. The minimum absolute atomic E-state index is 0.154. The largest absolute Gasteiger partial charge is 0.350 e. The Kier molecular flexibility index (Phi) is 8.09. The summed E-state index contributed by atoms with van der Waals surface area (Å²) in [5, 5.41) is 2.30. The van der Waals surface area contributed by atoms with Gasteiger partial charge in [0.1, 0.15) is 0 Å². The molecule has 1 aliphatic rings. The van der Waals surface area contributed by atoms with Crippen LogP contribution < -0.4 is 0 Å². The molecule has 1 saturated heterocycles. The van der Waals surface area contributed by atoms with Crippen LogP contribution in [0.4, 0.5) is 0 Å². The second-order valence-electron chi connectivity index (χ2n) is 8.50. The summed E-state index contributed by atoms with van der Waals surface area (Å²) in [6.07, 6.45) is 3.66. The molecule has 2 rings (SSSR count). The summed E-state index contributed by atoms with van der Waals surface area (Å²) >= 11 is 0. The van der Waals surface area contributed by atoms with Gasteiger partial charge in [0.25, 0.3) is 0 Å². The van der Waals surface area contributed by atoms with Gasteiger partial charge in [0.2, 0.25) is 0 Å². The minimum atomic E-state index is -0.571. The number of hydrogen-bond acceptors (Lipinski definition) is 4. The van der Waals surface area contributed by atoms with Crippen molar-refractivity contribution in [3.8, 4) is 0 Å². The van der Waals surface area contributed by atoms with Crippen LogP contribution in [0.2, 0.25) is 0 Å². The fraction of sp³-hybridized carbons (Fsp3) is 0.750. The van der Waals surface area contributed by atoms with Gasteiger partial charge in [0.05, 0.1) is 12.1 Å². The lowest BCUT2D eigenvalue weighted by Crippen LogP contribution is -2.72. The molecule has 0 aromatic heterocycles. The second-order valence-corrected chi connectivity index (χ2v) is 8.50. The van der Waals surface area contributed by atoms with E-state index in [-0.39, 0.29) is 17.0 Å². The molecule has 0 amide bonds. The third-order valence-electron chi connectivity index (χ3n) is 6.88. The van der Waals surface area contributed by atoms with Gasteiger partial charge in [0.15, 0.2) is 5.79 Å². The van der Waals surface area contributed by atoms with E-state index in [0.717, 1.165) is 25.7 Å². The predicted molar refractivity (Wildman–Crippen MR) is 115 cm³/mol. The van der Waals surface area contributed by atoms with Crippen LogP contribution >= 0.6 is 0 Å². The Balaban J connectivity index is 2.30. The molecule has 28 heavy (non-hydrogen) atoms. The summed E-state index contributed by atoms with van der Waals surface area (Å²) in [6.45, 7) is 17.4. The number of ether oxygens (including phenoxy) is 2. The van der Waals surface area contributed by atoms with E-state index >= 15 is 0 Å². The summed E-state index contributed by atoms with van der Waals surface area (Å²) in [5.74, 6) is -0.389. The maximum Gasteiger partial charge on any atom is 0.174 e. The van der Waals surface area contributed by atoms with Crippen LogP contribution in [0.25, 0.3) is 0 Å². The van der Waals surface area contributed by atoms with E-state index in [2.05, 4.69) is 83.9 Å². The van der Waals surface area contributed by atoms with Crippen LogP contribution in [0.3, 0.4) is 0 Å². The molecular formula is C24H41NO3. The number of rotatable bonds is 10. The zero-order valence-corrected chi connectivity index (χ0v) is 19.1. The van der Waals surface area contributed by atoms with Crippen LogP contribution in [0, 0.1) is 5.92 Å². The van der Waals surface area contributed by atoms with Gasteiger partial charge in [-0.25, -0.2) is 0 Å². The van der Waals surface area contributed by atoms with E-state index in [0.29, 0.717) is 19.8 Å². The quantitative estimate of drug-likeness (QED) is 0.485. The van der Waals surface area contributed by atoms with Crippen molar-refractivity contribution in [2.75, 3.05) is 19.8 Å². The third-order valence-corrected chi connectivity index (χ3v) is 6.88. The summed E-state index contributed by atoms with van der Waals surface area (Å²) in [5.41, 5.74) is 0.976. The molecule has 0 aliphatic carbocycles. The Morgan fingerprint density at radius 1 is 0.964 bits per heavy atom. The van der Waals surface area contributed by atoms with Crippen LogP contribution in [-0.4, -0.2) is 41.7 Å². The van der Waals surface area contributed by atoms with E-state index in [9.17, 15) is 0 Å². The SMILES string of the molecule is CCOC1(OCC)CC(C)(CC)N(OCCc2ccccc2)C(C)(CC)C1C. The van der Waals surface area contributed by atoms with Crippen LogP contribution in [0.1, 0.15) is 73.3 Å². The monoisotopic (exact) mass is 391 g/mol. The molecule has 4 nitrogen and oxygen atoms in total. The van der Waals surface area contributed by atoms with E-state index in [4.69, 9.17) is 14.3 Å². The zero-order chi connectivity index (χ0) is 20.8. The first-order valence-electron chi connectivity index (χ1n) is 11.1. The zero-order valence-electron chi connectivity index (χ0n) is 19.1. The average molecular weight is 392 g/mol. The summed E-state index contributed by atoms with van der Waals surface area (Å²) in [7, 11) is 0. The maximum atomic E-state index is 6.54. The molecule has 1 aliphatic heterocycles. The van der Waals surface area contributed by atoms with Crippen molar-refractivity contribution in [1.82, 2.24) is 5.06 Å². The van der Waals surface area contributed by atoms with Gasteiger partial charge < -0.3 is 9.47 Å². The summed E-state index contributed by atoms with van der Waals surface area (Å²) in [6, 6.07) is 10.6. The van der Waals surface area contributed by atoms with Crippen molar-refractivity contribution in [1.29, 1.82) is 0 Å². The van der Waals surface area contributed by atoms with Gasteiger partial charge in [-0.05, 0) is 52.5 Å². The molecule has 0 saturated carbocycles. The number of hydrogen-bond donors (Lipinski definition) is 0. The Labute approximate surface area is 172 Å². The van der Waals surface area contributed by atoms with Crippen molar-refractivity contribution in [3.63, 3.8) is 0 Å². The van der Waals surface area contributed by atoms with Gasteiger partial charge in [-0.1, -0.05) is 51.1 Å². The third kappa shape index (κ3) is 4.46. The summed E-state index contributed by atoms with van der Waals surface area (Å²) < 4.78 is 12.7. The molecule has 0 spiro atoms. The van der Waals surface area contributed by atoms with Crippen molar-refractivity contribution in [2.24, 2.45) is 5.92 Å². The summed E-state index contributed by atoms with van der Waals surface area (Å²) in [4.78, 5) is 6.54. The Bertz CT molecular complexity index is 587. The standard InChI is InChI=1S/C24H41NO3/c1-8-22(6)19-24(26-10-3,27-11-4)20(5)23(7,9-2)25(22)28-18-17-21-15-13-12-14-16-21/h12-16,20H,8-11,17-19H2,1-7H3. The predicted octanol–water partition coefficient (Wildman–Crippen LogP) is 5.61.